The third kappa shape index (κ3) is 4.93. The van der Waals surface area contributed by atoms with Gasteiger partial charge in [0.2, 0.25) is 11.8 Å². The fourth-order valence-electron chi connectivity index (χ4n) is 3.59. The van der Waals surface area contributed by atoms with Crippen LogP contribution in [0.1, 0.15) is 62.8 Å². The summed E-state index contributed by atoms with van der Waals surface area (Å²) in [5, 5.41) is 16.3. The van der Waals surface area contributed by atoms with Crippen molar-refractivity contribution in [3.05, 3.63) is 23.8 Å². The van der Waals surface area contributed by atoms with Crippen LogP contribution in [0, 0.1) is 5.41 Å². The van der Waals surface area contributed by atoms with Crippen LogP contribution in [0.5, 0.6) is 0 Å². The zero-order valence-corrected chi connectivity index (χ0v) is 16.7. The van der Waals surface area contributed by atoms with E-state index in [0.29, 0.717) is 23.2 Å². The summed E-state index contributed by atoms with van der Waals surface area (Å²) in [5.74, 6) is 1.28. The lowest BCUT2D eigenvalue weighted by Gasteiger charge is -2.33. The molecule has 1 aliphatic heterocycles. The van der Waals surface area contributed by atoms with Gasteiger partial charge in [-0.15, -0.1) is 5.10 Å². The molecule has 2 aromatic rings. The average molecular weight is 426 g/mol. The van der Waals surface area contributed by atoms with Crippen molar-refractivity contribution in [1.82, 2.24) is 25.3 Å². The number of aromatic amines is 1. The maximum Gasteiger partial charge on any atom is 0.419 e. The highest BCUT2D eigenvalue weighted by atomic mass is 19.4. The largest absolute Gasteiger partial charge is 0.419 e. The summed E-state index contributed by atoms with van der Waals surface area (Å²) < 4.78 is 40.2. The first-order chi connectivity index (χ1) is 14.3. The van der Waals surface area contributed by atoms with Crippen LogP contribution in [0.15, 0.2) is 16.8 Å². The third-order valence-electron chi connectivity index (χ3n) is 6.00. The van der Waals surface area contributed by atoms with Crippen molar-refractivity contribution in [2.45, 2.75) is 63.6 Å². The standard InChI is InChI=1S/C15H22N4O2.C4H3F3N2/c1-10(16-14-18-17-12(21-14)11-2-3-11)13(20)19-8-6-15(4-5-15)7-9-19;5-4(6,7)3-1-8-9-2-3/h10-11H,2-9H2,1H3,(H,16,18);1-2H,(H,8,9). The Hall–Kier alpha value is -2.59. The smallest absolute Gasteiger partial charge is 0.408 e. The highest BCUT2D eigenvalue weighted by Crippen LogP contribution is 2.53. The predicted octanol–water partition coefficient (Wildman–Crippen LogP) is 3.58. The Labute approximate surface area is 171 Å². The van der Waals surface area contributed by atoms with E-state index in [4.69, 9.17) is 4.42 Å². The van der Waals surface area contributed by atoms with Crippen molar-refractivity contribution in [3.8, 4) is 0 Å². The van der Waals surface area contributed by atoms with Gasteiger partial charge < -0.3 is 14.6 Å². The molecule has 1 spiro atoms. The molecule has 3 aliphatic rings. The fourth-order valence-corrected chi connectivity index (χ4v) is 3.59. The second-order valence-corrected chi connectivity index (χ2v) is 8.40. The molecule has 1 amide bonds. The number of nitrogens with one attached hydrogen (secondary N) is 2. The van der Waals surface area contributed by atoms with E-state index in [1.807, 2.05) is 11.8 Å². The molecule has 3 fully saturated rings. The van der Waals surface area contributed by atoms with Gasteiger partial charge in [0.15, 0.2) is 0 Å². The first kappa shape index (κ1) is 20.7. The minimum Gasteiger partial charge on any atom is -0.408 e. The number of nitrogens with zero attached hydrogens (tertiary/aromatic N) is 4. The van der Waals surface area contributed by atoms with Crippen molar-refractivity contribution in [2.24, 2.45) is 5.41 Å². The van der Waals surface area contributed by atoms with Gasteiger partial charge in [0.1, 0.15) is 6.04 Å². The van der Waals surface area contributed by atoms with Gasteiger partial charge in [-0.3, -0.25) is 9.89 Å². The Bertz CT molecular complexity index is 848. The molecule has 0 aromatic carbocycles. The molecule has 2 aliphatic carbocycles. The van der Waals surface area contributed by atoms with Gasteiger partial charge in [-0.1, -0.05) is 5.10 Å². The molecule has 11 heteroatoms. The average Bonchev–Trinajstić information content (AvgIpc) is 3.57. The molecule has 8 nitrogen and oxygen atoms in total. The zero-order valence-electron chi connectivity index (χ0n) is 16.7. The first-order valence-electron chi connectivity index (χ1n) is 10.2. The quantitative estimate of drug-likeness (QED) is 0.775. The molecule has 1 atom stereocenters. The van der Waals surface area contributed by atoms with Gasteiger partial charge in [0, 0.05) is 25.2 Å². The number of likely N-dealkylation sites (tertiary alicyclic amines) is 1. The number of carbonyl (C=O) groups excluding carboxylic acids is 1. The highest BCUT2D eigenvalue weighted by molar-refractivity contribution is 5.83. The molecule has 1 unspecified atom stereocenters. The summed E-state index contributed by atoms with van der Waals surface area (Å²) in [6.07, 6.45) is 4.57. The molecule has 1 saturated heterocycles. The molecular weight excluding hydrogens is 401 g/mol. The van der Waals surface area contributed by atoms with Crippen LogP contribution in [0.25, 0.3) is 0 Å². The Morgan fingerprint density at radius 3 is 2.47 bits per heavy atom. The van der Waals surface area contributed by atoms with E-state index >= 15 is 0 Å². The number of aromatic nitrogens is 4. The molecule has 2 saturated carbocycles. The first-order valence-corrected chi connectivity index (χ1v) is 10.2. The van der Waals surface area contributed by atoms with Crippen LogP contribution in [-0.4, -0.2) is 50.3 Å². The van der Waals surface area contributed by atoms with E-state index < -0.39 is 11.7 Å². The van der Waals surface area contributed by atoms with Gasteiger partial charge in [0.25, 0.3) is 0 Å². The number of piperidine rings is 1. The lowest BCUT2D eigenvalue weighted by Crippen LogP contribution is -2.45. The molecule has 5 rings (SSSR count). The number of anilines is 1. The number of halogens is 3. The molecule has 2 aromatic heterocycles. The van der Waals surface area contributed by atoms with Crippen LogP contribution in [0.3, 0.4) is 0 Å². The number of alkyl halides is 3. The topological polar surface area (TPSA) is 99.9 Å². The van der Waals surface area contributed by atoms with Crippen LogP contribution in [-0.2, 0) is 11.0 Å². The van der Waals surface area contributed by atoms with E-state index in [1.165, 1.54) is 12.8 Å². The van der Waals surface area contributed by atoms with Crippen LogP contribution in [0.4, 0.5) is 19.2 Å². The summed E-state index contributed by atoms with van der Waals surface area (Å²) in [6.45, 7) is 3.65. The molecule has 3 heterocycles. The maximum atomic E-state index is 12.5. The Kier molecular flexibility index (Phi) is 5.46. The minimum absolute atomic E-state index is 0.136. The van der Waals surface area contributed by atoms with Gasteiger partial charge in [-0.05, 0) is 50.9 Å². The Morgan fingerprint density at radius 1 is 1.27 bits per heavy atom. The minimum atomic E-state index is -4.27. The van der Waals surface area contributed by atoms with Crippen LogP contribution in [0.2, 0.25) is 0 Å². The number of H-pyrrole nitrogens is 1. The number of amides is 1. The molecular formula is C19H25F3N6O2. The predicted molar refractivity (Wildman–Crippen MR) is 100 cm³/mol. The molecule has 164 valence electrons. The van der Waals surface area contributed by atoms with E-state index in [9.17, 15) is 18.0 Å². The van der Waals surface area contributed by atoms with Crippen molar-refractivity contribution >= 4 is 11.9 Å². The third-order valence-corrected chi connectivity index (χ3v) is 6.00. The van der Waals surface area contributed by atoms with Gasteiger partial charge in [-0.2, -0.15) is 18.3 Å². The monoisotopic (exact) mass is 426 g/mol. The number of rotatable bonds is 4. The normalized spacial score (nSPS) is 21.0. The summed E-state index contributed by atoms with van der Waals surface area (Å²) >= 11 is 0. The van der Waals surface area contributed by atoms with Crippen molar-refractivity contribution < 1.29 is 22.4 Å². The van der Waals surface area contributed by atoms with Crippen LogP contribution < -0.4 is 5.32 Å². The Balaban J connectivity index is 0.000000204. The SMILES string of the molecule is CC(Nc1nnc(C2CC2)o1)C(=O)N1CCC2(CC1)CC2.FC(F)(F)c1cn[nH]c1. The molecule has 2 N–H and O–H groups in total. The van der Waals surface area contributed by atoms with Crippen molar-refractivity contribution in [3.63, 3.8) is 0 Å². The zero-order chi connectivity index (χ0) is 21.4. The van der Waals surface area contributed by atoms with Gasteiger partial charge >= 0.3 is 12.2 Å². The maximum absolute atomic E-state index is 12.5. The lowest BCUT2D eigenvalue weighted by molar-refractivity contribution is -0.137. The number of hydrogen-bond donors (Lipinski definition) is 2. The Morgan fingerprint density at radius 2 is 1.97 bits per heavy atom. The van der Waals surface area contributed by atoms with E-state index in [2.05, 4.69) is 25.7 Å². The van der Waals surface area contributed by atoms with Crippen molar-refractivity contribution in [2.75, 3.05) is 18.4 Å². The van der Waals surface area contributed by atoms with Gasteiger partial charge in [0.05, 0.1) is 11.8 Å². The fraction of sp³-hybridized carbons (Fsp3) is 0.684. The second kappa shape index (κ2) is 7.92. The van der Waals surface area contributed by atoms with E-state index in [0.717, 1.165) is 51.2 Å². The lowest BCUT2D eigenvalue weighted by atomic mass is 9.93. The molecule has 0 bridgehead atoms. The summed E-state index contributed by atoms with van der Waals surface area (Å²) in [5.41, 5.74) is -0.151. The second-order valence-electron chi connectivity index (χ2n) is 8.40. The van der Waals surface area contributed by atoms with Crippen LogP contribution >= 0.6 is 0 Å². The number of hydrogen-bond acceptors (Lipinski definition) is 6. The van der Waals surface area contributed by atoms with E-state index in [1.54, 1.807) is 0 Å². The number of carbonyl (C=O) groups is 1. The highest BCUT2D eigenvalue weighted by Gasteiger charge is 2.45. The van der Waals surface area contributed by atoms with Gasteiger partial charge in [-0.25, -0.2) is 0 Å². The summed E-state index contributed by atoms with van der Waals surface area (Å²) in [7, 11) is 0. The molecule has 0 radical (unpaired) electrons. The van der Waals surface area contributed by atoms with E-state index in [-0.39, 0.29) is 11.9 Å². The van der Waals surface area contributed by atoms with Crippen molar-refractivity contribution in [1.29, 1.82) is 0 Å². The summed E-state index contributed by atoms with van der Waals surface area (Å²) in [6, 6.07) is 0.0548. The molecule has 30 heavy (non-hydrogen) atoms. The summed E-state index contributed by atoms with van der Waals surface area (Å²) in [4.78, 5) is 14.4.